The second-order valence-electron chi connectivity index (χ2n) is 9.61. The number of hydrogen-bond acceptors (Lipinski definition) is 3. The maximum Gasteiger partial charge on any atom is 0.407 e. The van der Waals surface area contributed by atoms with E-state index >= 15 is 0 Å². The van der Waals surface area contributed by atoms with E-state index in [1.807, 2.05) is 21.0 Å². The highest BCUT2D eigenvalue weighted by molar-refractivity contribution is 5.68. The molecule has 0 radical (unpaired) electrons. The van der Waals surface area contributed by atoms with Crippen LogP contribution in [0.2, 0.25) is 0 Å². The van der Waals surface area contributed by atoms with E-state index in [0.717, 1.165) is 19.3 Å². The van der Waals surface area contributed by atoms with Crippen LogP contribution in [-0.4, -0.2) is 61.5 Å². The van der Waals surface area contributed by atoms with E-state index < -0.39 is 12.1 Å². The lowest BCUT2D eigenvalue weighted by molar-refractivity contribution is -0.886. The monoisotopic (exact) mass is 443 g/mol. The quantitative estimate of drug-likeness (QED) is 0.165. The topological polar surface area (TPSA) is 75.6 Å². The molecule has 6 nitrogen and oxygen atoms in total. The molecule has 0 saturated carbocycles. The second kappa shape index (κ2) is 19.4. The van der Waals surface area contributed by atoms with Crippen molar-refractivity contribution in [1.82, 2.24) is 5.32 Å². The summed E-state index contributed by atoms with van der Waals surface area (Å²) in [6.07, 6.45) is 18.5. The van der Waals surface area contributed by atoms with Gasteiger partial charge in [0.25, 0.3) is 0 Å². The summed E-state index contributed by atoms with van der Waals surface area (Å²) in [5.74, 6) is -0.835. The molecule has 0 bridgehead atoms. The van der Waals surface area contributed by atoms with Gasteiger partial charge in [-0.15, -0.1) is 0 Å². The van der Waals surface area contributed by atoms with Gasteiger partial charge >= 0.3 is 12.1 Å². The second-order valence-corrected chi connectivity index (χ2v) is 9.61. The number of carbonyl (C=O) groups excluding carboxylic acids is 1. The average Bonchev–Trinajstić information content (AvgIpc) is 2.67. The number of nitrogens with one attached hydrogen (secondary N) is 1. The number of alkyl carbamates (subject to hydrolysis) is 1. The number of carbonyl (C=O) groups is 2. The molecular formula is C25H51N2O4+. The van der Waals surface area contributed by atoms with Crippen molar-refractivity contribution in [2.75, 3.05) is 33.7 Å². The Hall–Kier alpha value is -1.30. The number of nitrogens with zero attached hydrogens (tertiary/aromatic N) is 1. The van der Waals surface area contributed by atoms with Crippen molar-refractivity contribution in [3.63, 3.8) is 0 Å². The van der Waals surface area contributed by atoms with Gasteiger partial charge in [0.1, 0.15) is 6.54 Å². The van der Waals surface area contributed by atoms with Crippen LogP contribution in [0.1, 0.15) is 110 Å². The Balaban J connectivity index is 3.91. The first-order valence-corrected chi connectivity index (χ1v) is 12.8. The smallest absolute Gasteiger partial charge is 0.407 e. The van der Waals surface area contributed by atoms with Crippen LogP contribution in [0.5, 0.6) is 0 Å². The Bertz CT molecular complexity index is 455. The molecule has 6 heteroatoms. The largest absolute Gasteiger partial charge is 0.477 e. The van der Waals surface area contributed by atoms with Crippen LogP contribution < -0.4 is 5.32 Å². The van der Waals surface area contributed by atoms with E-state index in [1.54, 1.807) is 0 Å². The molecule has 0 aliphatic carbocycles. The first kappa shape index (κ1) is 29.7. The number of rotatable bonds is 21. The lowest BCUT2D eigenvalue weighted by Crippen LogP contribution is -2.50. The molecule has 0 aliphatic heterocycles. The number of amides is 1. The fourth-order valence-corrected chi connectivity index (χ4v) is 4.07. The number of unbranched alkanes of at least 4 members (excludes halogenated alkanes) is 13. The van der Waals surface area contributed by atoms with Gasteiger partial charge in [-0.25, -0.2) is 9.59 Å². The number of carboxylic acids is 1. The minimum absolute atomic E-state index is 0.0218. The number of carboxylic acid groups (broad SMARTS) is 1. The molecule has 1 atom stereocenters. The molecule has 0 fully saturated rings. The molecule has 31 heavy (non-hydrogen) atoms. The van der Waals surface area contributed by atoms with Crippen molar-refractivity contribution in [2.24, 2.45) is 0 Å². The summed E-state index contributed by atoms with van der Waals surface area (Å²) in [7, 11) is 3.74. The summed E-state index contributed by atoms with van der Waals surface area (Å²) in [5, 5.41) is 11.8. The average molecular weight is 444 g/mol. The maximum atomic E-state index is 11.9. The summed E-state index contributed by atoms with van der Waals surface area (Å²) in [6, 6.07) is 0. The molecule has 0 heterocycles. The molecule has 2 N–H and O–H groups in total. The highest BCUT2D eigenvalue weighted by Gasteiger charge is 2.27. The van der Waals surface area contributed by atoms with Crippen molar-refractivity contribution in [3.8, 4) is 0 Å². The Morgan fingerprint density at radius 3 is 1.68 bits per heavy atom. The van der Waals surface area contributed by atoms with Gasteiger partial charge in [0.05, 0.1) is 14.1 Å². The first-order chi connectivity index (χ1) is 14.8. The van der Waals surface area contributed by atoms with Gasteiger partial charge in [0.15, 0.2) is 12.6 Å². The highest BCUT2D eigenvalue weighted by atomic mass is 16.6. The normalized spacial score (nSPS) is 12.5. The zero-order valence-electron chi connectivity index (χ0n) is 20.9. The third-order valence-electron chi connectivity index (χ3n) is 5.74. The van der Waals surface area contributed by atoms with Crippen LogP contribution in [0.4, 0.5) is 4.79 Å². The Labute approximate surface area is 191 Å². The van der Waals surface area contributed by atoms with Crippen molar-refractivity contribution in [1.29, 1.82) is 0 Å². The Morgan fingerprint density at radius 1 is 0.806 bits per heavy atom. The standard InChI is InChI=1S/C25H50N2O4/c1-5-7-8-9-10-11-12-13-14-15-16-17-18-19-20-23(31-25(30)26-6-2)21-27(3,4)22-24(28)29/h23H,5-22H2,1-4H3,(H-,26,28,29,30)/p+1. The molecule has 1 unspecified atom stereocenters. The number of ether oxygens (including phenoxy) is 1. The molecule has 0 aromatic carbocycles. The van der Waals surface area contributed by atoms with Crippen LogP contribution in [0, 0.1) is 0 Å². The maximum absolute atomic E-state index is 11.9. The van der Waals surface area contributed by atoms with Gasteiger partial charge in [0, 0.05) is 6.54 Å². The minimum atomic E-state index is -0.835. The molecule has 0 rings (SSSR count). The third-order valence-corrected chi connectivity index (χ3v) is 5.74. The predicted molar refractivity (Wildman–Crippen MR) is 128 cm³/mol. The Kier molecular flexibility index (Phi) is 18.6. The van der Waals surface area contributed by atoms with Crippen molar-refractivity contribution >= 4 is 12.1 Å². The molecule has 0 spiro atoms. The molecule has 0 aromatic heterocycles. The summed E-state index contributed by atoms with van der Waals surface area (Å²) in [6.45, 7) is 5.18. The van der Waals surface area contributed by atoms with E-state index in [9.17, 15) is 9.59 Å². The fourth-order valence-electron chi connectivity index (χ4n) is 4.07. The van der Waals surface area contributed by atoms with Crippen LogP contribution in [0.3, 0.4) is 0 Å². The molecular weight excluding hydrogens is 392 g/mol. The summed E-state index contributed by atoms with van der Waals surface area (Å²) in [4.78, 5) is 22.9. The number of likely N-dealkylation sites (N-methyl/N-ethyl adjacent to an activating group) is 1. The van der Waals surface area contributed by atoms with Crippen LogP contribution in [0.15, 0.2) is 0 Å². The molecule has 1 amide bonds. The Morgan fingerprint density at radius 2 is 1.26 bits per heavy atom. The van der Waals surface area contributed by atoms with Crippen LogP contribution >= 0.6 is 0 Å². The third kappa shape index (κ3) is 20.4. The molecule has 0 saturated heterocycles. The van der Waals surface area contributed by atoms with Gasteiger partial charge in [0.2, 0.25) is 0 Å². The summed E-state index contributed by atoms with van der Waals surface area (Å²) < 4.78 is 5.87. The fraction of sp³-hybridized carbons (Fsp3) is 0.920. The summed E-state index contributed by atoms with van der Waals surface area (Å²) >= 11 is 0. The van der Waals surface area contributed by atoms with Crippen LogP contribution in [-0.2, 0) is 9.53 Å². The highest BCUT2D eigenvalue weighted by Crippen LogP contribution is 2.15. The van der Waals surface area contributed by atoms with Crippen LogP contribution in [0.25, 0.3) is 0 Å². The van der Waals surface area contributed by atoms with E-state index in [-0.39, 0.29) is 12.6 Å². The van der Waals surface area contributed by atoms with Crippen molar-refractivity contribution in [2.45, 2.75) is 116 Å². The van der Waals surface area contributed by atoms with Gasteiger partial charge in [-0.1, -0.05) is 90.4 Å². The van der Waals surface area contributed by atoms with Crippen molar-refractivity contribution < 1.29 is 23.9 Å². The van der Waals surface area contributed by atoms with Gasteiger partial charge in [-0.2, -0.15) is 0 Å². The van der Waals surface area contributed by atoms with Gasteiger partial charge in [-0.05, 0) is 19.8 Å². The van der Waals surface area contributed by atoms with E-state index in [4.69, 9.17) is 9.84 Å². The molecule has 0 aromatic rings. The molecule has 0 aliphatic rings. The zero-order valence-corrected chi connectivity index (χ0v) is 20.9. The number of hydrogen-bond donors (Lipinski definition) is 2. The van der Waals surface area contributed by atoms with E-state index in [0.29, 0.717) is 17.6 Å². The predicted octanol–water partition coefficient (Wildman–Crippen LogP) is 6.13. The summed E-state index contributed by atoms with van der Waals surface area (Å²) in [5.41, 5.74) is 0. The number of quaternary nitrogens is 1. The number of aliphatic carboxylic acids is 1. The lowest BCUT2D eigenvalue weighted by Gasteiger charge is -2.31. The van der Waals surface area contributed by atoms with E-state index in [1.165, 1.54) is 77.0 Å². The molecule has 184 valence electrons. The van der Waals surface area contributed by atoms with Gasteiger partial charge < -0.3 is 19.6 Å². The van der Waals surface area contributed by atoms with Crippen molar-refractivity contribution in [3.05, 3.63) is 0 Å². The lowest BCUT2D eigenvalue weighted by atomic mass is 10.0. The SMILES string of the molecule is CCCCCCCCCCCCCCCCC(C[N+](C)(C)CC(=O)O)OC(=O)NCC. The zero-order chi connectivity index (χ0) is 23.4. The van der Waals surface area contributed by atoms with Gasteiger partial charge in [-0.3, -0.25) is 0 Å². The van der Waals surface area contributed by atoms with E-state index in [2.05, 4.69) is 12.2 Å². The minimum Gasteiger partial charge on any atom is -0.477 e. The first-order valence-electron chi connectivity index (χ1n) is 12.8.